The Balaban J connectivity index is 0.00000113. The van der Waals surface area contributed by atoms with Crippen LogP contribution in [0.1, 0.15) is 17.7 Å². The summed E-state index contributed by atoms with van der Waals surface area (Å²) in [6.45, 7) is 0. The molecule has 4 heteroatoms. The minimum atomic E-state index is 0. The molecule has 0 saturated heterocycles. The molecule has 0 spiro atoms. The molecule has 3 aromatic rings. The molecular formula is C21H19Cl2CrN. The van der Waals surface area contributed by atoms with Crippen LogP contribution < -0.4 is 0 Å². The molecule has 0 aliphatic heterocycles. The number of para-hydroxylation sites is 1. The van der Waals surface area contributed by atoms with Gasteiger partial charge in [0.2, 0.25) is 0 Å². The van der Waals surface area contributed by atoms with Crippen molar-refractivity contribution < 1.29 is 15.2 Å². The molecule has 1 heterocycles. The van der Waals surface area contributed by atoms with Gasteiger partial charge in [0.25, 0.3) is 0 Å². The SMILES string of the molecule is C1=[C]([Cr][CH2]c2ccc3ccccc3n2)CC=C1c1ccccc1.Cl.Cl. The topological polar surface area (TPSA) is 12.9 Å². The summed E-state index contributed by atoms with van der Waals surface area (Å²) in [5.41, 5.74) is 5.00. The summed E-state index contributed by atoms with van der Waals surface area (Å²) in [7, 11) is 0. The normalized spacial score (nSPS) is 12.8. The van der Waals surface area contributed by atoms with Gasteiger partial charge in [-0.15, -0.1) is 24.8 Å². The van der Waals surface area contributed by atoms with Crippen molar-refractivity contribution in [3.8, 4) is 0 Å². The van der Waals surface area contributed by atoms with Gasteiger partial charge >= 0.3 is 143 Å². The molecule has 0 radical (unpaired) electrons. The zero-order valence-electron chi connectivity index (χ0n) is 13.6. The Morgan fingerprint density at radius 2 is 1.60 bits per heavy atom. The van der Waals surface area contributed by atoms with Crippen LogP contribution in [0.5, 0.6) is 0 Å². The van der Waals surface area contributed by atoms with Crippen molar-refractivity contribution in [2.24, 2.45) is 0 Å². The standard InChI is InChI=1S/C11H9.C10H8N.2ClH.Cr/c1-2-6-10(7-3-1)11-8-4-5-9-11;1-8-6-7-9-4-2-3-5-10(9)11-8;;;/h1-3,6-9H,4H2;2-7H,1H2;2*1H;. The molecule has 0 fully saturated rings. The summed E-state index contributed by atoms with van der Waals surface area (Å²) in [6.07, 6.45) is 5.81. The van der Waals surface area contributed by atoms with Crippen molar-refractivity contribution in [3.05, 3.63) is 94.6 Å². The third kappa shape index (κ3) is 4.75. The molecule has 2 aromatic carbocycles. The third-order valence-electron chi connectivity index (χ3n) is 4.01. The van der Waals surface area contributed by atoms with Crippen LogP contribution in [-0.2, 0) is 20.5 Å². The maximum absolute atomic E-state index is 4.78. The molecular weight excluding hydrogens is 389 g/mol. The van der Waals surface area contributed by atoms with Crippen LogP contribution >= 0.6 is 24.8 Å². The van der Waals surface area contributed by atoms with Crippen molar-refractivity contribution in [2.45, 2.75) is 11.7 Å². The summed E-state index contributed by atoms with van der Waals surface area (Å²) in [6, 6.07) is 23.3. The predicted molar refractivity (Wildman–Crippen MR) is 107 cm³/mol. The number of allylic oxidation sites excluding steroid dienone is 4. The second-order valence-corrected chi connectivity index (χ2v) is 7.34. The molecule has 128 valence electrons. The first-order valence-corrected chi connectivity index (χ1v) is 9.36. The second-order valence-electron chi connectivity index (χ2n) is 5.62. The zero-order chi connectivity index (χ0) is 15.5. The van der Waals surface area contributed by atoms with E-state index in [1.54, 1.807) is 4.44 Å². The van der Waals surface area contributed by atoms with E-state index in [2.05, 4.69) is 78.9 Å². The monoisotopic (exact) mass is 407 g/mol. The fraction of sp³-hybridized carbons (Fsp3) is 0.0952. The summed E-state index contributed by atoms with van der Waals surface area (Å²) >= 11 is 0.475. The van der Waals surface area contributed by atoms with Crippen LogP contribution in [-0.4, -0.2) is 4.98 Å². The molecule has 25 heavy (non-hydrogen) atoms. The van der Waals surface area contributed by atoms with Crippen molar-refractivity contribution in [1.29, 1.82) is 0 Å². The number of hydrogen-bond donors (Lipinski definition) is 0. The number of nitrogens with zero attached hydrogens (tertiary/aromatic N) is 1. The largest absolute Gasteiger partial charge is 0.147 e. The van der Waals surface area contributed by atoms with Gasteiger partial charge in [0.1, 0.15) is 0 Å². The number of rotatable bonds is 4. The summed E-state index contributed by atoms with van der Waals surface area (Å²) in [4.78, 5) is 4.78. The van der Waals surface area contributed by atoms with Gasteiger partial charge in [-0.2, -0.15) is 0 Å². The van der Waals surface area contributed by atoms with Gasteiger partial charge in [0.15, 0.2) is 0 Å². The average molecular weight is 408 g/mol. The Bertz CT molecular complexity index is 904. The van der Waals surface area contributed by atoms with E-state index in [9.17, 15) is 0 Å². The summed E-state index contributed by atoms with van der Waals surface area (Å²) in [5, 5.41) is 2.29. The molecule has 1 nitrogen and oxygen atoms in total. The van der Waals surface area contributed by atoms with Gasteiger partial charge in [-0.3, -0.25) is 0 Å². The van der Waals surface area contributed by atoms with E-state index in [4.69, 9.17) is 4.98 Å². The van der Waals surface area contributed by atoms with Gasteiger partial charge in [0, 0.05) is 0 Å². The van der Waals surface area contributed by atoms with E-state index in [0.717, 1.165) is 17.2 Å². The average Bonchev–Trinajstić information content (AvgIpc) is 3.10. The van der Waals surface area contributed by atoms with Crippen molar-refractivity contribution in [1.82, 2.24) is 4.98 Å². The molecule has 1 aliphatic rings. The molecule has 0 unspecified atom stereocenters. The van der Waals surface area contributed by atoms with Crippen LogP contribution in [0, 0.1) is 0 Å². The van der Waals surface area contributed by atoms with Gasteiger partial charge in [-0.1, -0.05) is 0 Å². The maximum atomic E-state index is 4.78. The van der Waals surface area contributed by atoms with E-state index in [1.807, 2.05) is 0 Å². The number of benzene rings is 2. The molecule has 0 N–H and O–H groups in total. The first-order chi connectivity index (χ1) is 11.4. The molecule has 0 bridgehead atoms. The van der Waals surface area contributed by atoms with Crippen molar-refractivity contribution in [2.75, 3.05) is 0 Å². The van der Waals surface area contributed by atoms with Gasteiger partial charge in [-0.25, -0.2) is 0 Å². The minimum absolute atomic E-state index is 0. The second kappa shape index (κ2) is 9.23. The smallest absolute Gasteiger partial charge is 0.147 e. The Morgan fingerprint density at radius 1 is 0.840 bits per heavy atom. The number of pyridine rings is 1. The zero-order valence-corrected chi connectivity index (χ0v) is 16.5. The Kier molecular flexibility index (Phi) is 7.29. The molecule has 0 amide bonds. The van der Waals surface area contributed by atoms with Crippen LogP contribution in [0.2, 0.25) is 0 Å². The molecule has 0 atom stereocenters. The quantitative estimate of drug-likeness (QED) is 0.514. The van der Waals surface area contributed by atoms with Gasteiger partial charge in [0.05, 0.1) is 0 Å². The van der Waals surface area contributed by atoms with E-state index in [-0.39, 0.29) is 24.8 Å². The summed E-state index contributed by atoms with van der Waals surface area (Å²) < 4.78 is 1.56. The minimum Gasteiger partial charge on any atom is -0.147 e. The summed E-state index contributed by atoms with van der Waals surface area (Å²) in [5.74, 6) is 0. The number of hydrogen-bond acceptors (Lipinski definition) is 1. The predicted octanol–water partition coefficient (Wildman–Crippen LogP) is 6.03. The Hall–Kier alpha value is -1.56. The molecule has 0 saturated carbocycles. The van der Waals surface area contributed by atoms with E-state index >= 15 is 0 Å². The first kappa shape index (κ1) is 19.8. The first-order valence-electron chi connectivity index (χ1n) is 7.82. The van der Waals surface area contributed by atoms with E-state index in [1.165, 1.54) is 22.2 Å². The fourth-order valence-corrected chi connectivity index (χ4v) is 4.20. The molecule has 1 aliphatic carbocycles. The van der Waals surface area contributed by atoms with Gasteiger partial charge < -0.3 is 0 Å². The molecule has 4 rings (SSSR count). The van der Waals surface area contributed by atoms with E-state index in [0.29, 0.717) is 15.2 Å². The fourth-order valence-electron chi connectivity index (χ4n) is 2.79. The Morgan fingerprint density at radius 3 is 2.44 bits per heavy atom. The van der Waals surface area contributed by atoms with Crippen LogP contribution in [0.25, 0.3) is 16.5 Å². The number of aromatic nitrogens is 1. The van der Waals surface area contributed by atoms with Crippen molar-refractivity contribution >= 4 is 41.3 Å². The molecule has 1 aromatic heterocycles. The van der Waals surface area contributed by atoms with Crippen LogP contribution in [0.4, 0.5) is 0 Å². The third-order valence-corrected chi connectivity index (χ3v) is 5.72. The van der Waals surface area contributed by atoms with Crippen molar-refractivity contribution in [3.63, 3.8) is 0 Å². The Labute approximate surface area is 167 Å². The number of fused-ring (bicyclic) bond motifs is 1. The van der Waals surface area contributed by atoms with Gasteiger partial charge in [-0.05, 0) is 0 Å². The van der Waals surface area contributed by atoms with Crippen LogP contribution in [0.3, 0.4) is 0 Å². The maximum Gasteiger partial charge on any atom is -0.147 e. The van der Waals surface area contributed by atoms with E-state index < -0.39 is 0 Å². The number of halogens is 2. The van der Waals surface area contributed by atoms with Crippen LogP contribution in [0.15, 0.2) is 83.3 Å².